The Hall–Kier alpha value is -5.66. The molecule has 236 valence electrons. The Morgan fingerprint density at radius 1 is 0.889 bits per heavy atom. The van der Waals surface area contributed by atoms with Crippen LogP contribution in [0, 0.1) is 0 Å². The van der Waals surface area contributed by atoms with Crippen molar-refractivity contribution in [3.05, 3.63) is 103 Å². The van der Waals surface area contributed by atoms with E-state index >= 15 is 0 Å². The van der Waals surface area contributed by atoms with Gasteiger partial charge in [-0.15, -0.1) is 0 Å². The lowest BCUT2D eigenvalue weighted by molar-refractivity contribution is -0.130. The van der Waals surface area contributed by atoms with Gasteiger partial charge in [0, 0.05) is 50.2 Å². The Morgan fingerprint density at radius 2 is 1.64 bits per heavy atom. The number of phenolic OH excluding ortho intramolecular Hbond substituents is 1. The number of rotatable bonds is 16. The van der Waals surface area contributed by atoms with Crippen LogP contribution >= 0.6 is 0 Å². The van der Waals surface area contributed by atoms with E-state index in [2.05, 4.69) is 36.2 Å². The van der Waals surface area contributed by atoms with Gasteiger partial charge in [-0.25, -0.2) is 14.8 Å². The van der Waals surface area contributed by atoms with E-state index in [-0.39, 0.29) is 25.2 Å². The molecule has 0 saturated carbocycles. The zero-order valence-electron chi connectivity index (χ0n) is 24.5. The third-order valence-corrected chi connectivity index (χ3v) is 6.70. The van der Waals surface area contributed by atoms with Crippen molar-refractivity contribution >= 4 is 23.8 Å². The molecule has 2 atom stereocenters. The summed E-state index contributed by atoms with van der Waals surface area (Å²) in [7, 11) is 0. The van der Waals surface area contributed by atoms with Crippen molar-refractivity contribution in [2.24, 2.45) is 0 Å². The Balaban J connectivity index is 1.32. The predicted octanol–water partition coefficient (Wildman–Crippen LogP) is 1.20. The highest BCUT2D eigenvalue weighted by Gasteiger charge is 2.25. The van der Waals surface area contributed by atoms with Gasteiger partial charge in [-0.2, -0.15) is 0 Å². The number of H-pyrrole nitrogens is 1. The topological polar surface area (TPSA) is 192 Å². The second-order valence-corrected chi connectivity index (χ2v) is 10.2. The Labute approximate surface area is 259 Å². The summed E-state index contributed by atoms with van der Waals surface area (Å²) in [6.07, 6.45) is 8.23. The third kappa shape index (κ3) is 11.2. The Bertz CT molecular complexity index is 1490. The van der Waals surface area contributed by atoms with E-state index in [0.29, 0.717) is 30.8 Å². The van der Waals surface area contributed by atoms with E-state index in [9.17, 15) is 24.3 Å². The molecule has 0 aliphatic heterocycles. The van der Waals surface area contributed by atoms with Crippen LogP contribution < -0.4 is 21.3 Å². The molecule has 6 N–H and O–H groups in total. The molecule has 4 aromatic rings. The molecule has 0 unspecified atom stereocenters. The second kappa shape index (κ2) is 16.8. The zero-order valence-corrected chi connectivity index (χ0v) is 24.5. The minimum Gasteiger partial charge on any atom is -0.508 e. The first-order valence-electron chi connectivity index (χ1n) is 14.4. The number of aromatic hydroxyl groups is 1. The molecule has 45 heavy (non-hydrogen) atoms. The first-order valence-corrected chi connectivity index (χ1v) is 14.4. The number of carbonyl (C=O) groups is 4. The number of carbonyl (C=O) groups excluding carboxylic acids is 4. The van der Waals surface area contributed by atoms with Crippen LogP contribution in [0.4, 0.5) is 4.79 Å². The SMILES string of the molecule is O=C(CNC(=O)[C@H](Cc1cnc[nH]1)NC(=O)OCc1ccccc1)N[C@@H](Cc1ccc(O)cc1)C(=O)NCCCn1ccnc1. The maximum absolute atomic E-state index is 13.1. The van der Waals surface area contributed by atoms with E-state index in [0.717, 1.165) is 5.56 Å². The predicted molar refractivity (Wildman–Crippen MR) is 162 cm³/mol. The van der Waals surface area contributed by atoms with Gasteiger partial charge < -0.3 is 40.7 Å². The normalized spacial score (nSPS) is 12.0. The van der Waals surface area contributed by atoms with Crippen molar-refractivity contribution in [1.29, 1.82) is 0 Å². The fraction of sp³-hybridized carbons (Fsp3) is 0.290. The smallest absolute Gasteiger partial charge is 0.408 e. The lowest BCUT2D eigenvalue weighted by Crippen LogP contribution is -2.53. The number of imidazole rings is 2. The highest BCUT2D eigenvalue weighted by molar-refractivity contribution is 5.92. The summed E-state index contributed by atoms with van der Waals surface area (Å²) < 4.78 is 7.15. The van der Waals surface area contributed by atoms with E-state index < -0.39 is 42.4 Å². The van der Waals surface area contributed by atoms with Gasteiger partial charge in [0.15, 0.2) is 0 Å². The largest absolute Gasteiger partial charge is 0.508 e. The van der Waals surface area contributed by atoms with Crippen LogP contribution in [0.2, 0.25) is 0 Å². The fourth-order valence-corrected chi connectivity index (χ4v) is 4.36. The molecule has 0 radical (unpaired) electrons. The second-order valence-electron chi connectivity index (χ2n) is 10.2. The third-order valence-electron chi connectivity index (χ3n) is 6.70. The van der Waals surface area contributed by atoms with Crippen molar-refractivity contribution in [3.63, 3.8) is 0 Å². The average molecular weight is 617 g/mol. The van der Waals surface area contributed by atoms with Gasteiger partial charge in [0.1, 0.15) is 24.4 Å². The lowest BCUT2D eigenvalue weighted by Gasteiger charge is -2.20. The number of alkyl carbamates (subject to hydrolysis) is 1. The molecule has 2 aromatic heterocycles. The Kier molecular flexibility index (Phi) is 12.1. The van der Waals surface area contributed by atoms with Gasteiger partial charge in [0.2, 0.25) is 17.7 Å². The number of nitrogens with zero attached hydrogens (tertiary/aromatic N) is 3. The minimum atomic E-state index is -1.08. The van der Waals surface area contributed by atoms with Crippen LogP contribution in [0.15, 0.2) is 85.8 Å². The summed E-state index contributed by atoms with van der Waals surface area (Å²) in [4.78, 5) is 62.4. The van der Waals surface area contributed by atoms with E-state index in [4.69, 9.17) is 4.74 Å². The summed E-state index contributed by atoms with van der Waals surface area (Å²) >= 11 is 0. The Morgan fingerprint density at radius 3 is 2.36 bits per heavy atom. The molecule has 4 rings (SSSR count). The zero-order chi connectivity index (χ0) is 31.9. The first kappa shape index (κ1) is 32.3. The first-order chi connectivity index (χ1) is 21.9. The number of aryl methyl sites for hydroxylation is 1. The molecule has 2 heterocycles. The summed E-state index contributed by atoms with van der Waals surface area (Å²) in [5, 5.41) is 20.2. The number of aromatic amines is 1. The molecule has 0 aliphatic carbocycles. The van der Waals surface area contributed by atoms with Crippen LogP contribution in [-0.4, -0.2) is 73.6 Å². The van der Waals surface area contributed by atoms with Crippen LogP contribution in [0.1, 0.15) is 23.2 Å². The summed E-state index contributed by atoms with van der Waals surface area (Å²) in [5.74, 6) is -1.55. The summed E-state index contributed by atoms with van der Waals surface area (Å²) in [6.45, 7) is 0.604. The number of aromatic nitrogens is 4. The maximum Gasteiger partial charge on any atom is 0.408 e. The van der Waals surface area contributed by atoms with Crippen molar-refractivity contribution < 1.29 is 29.0 Å². The number of hydrogen-bond acceptors (Lipinski definition) is 8. The monoisotopic (exact) mass is 616 g/mol. The molecule has 0 spiro atoms. The molecule has 14 nitrogen and oxygen atoms in total. The highest BCUT2D eigenvalue weighted by Crippen LogP contribution is 2.12. The van der Waals surface area contributed by atoms with Crippen molar-refractivity contribution in [3.8, 4) is 5.75 Å². The molecule has 0 fully saturated rings. The van der Waals surface area contributed by atoms with Crippen molar-refractivity contribution in [2.45, 2.75) is 44.5 Å². The van der Waals surface area contributed by atoms with Crippen LogP contribution in [0.3, 0.4) is 0 Å². The number of phenols is 1. The van der Waals surface area contributed by atoms with Gasteiger partial charge >= 0.3 is 6.09 Å². The van der Waals surface area contributed by atoms with Crippen LogP contribution in [-0.2, 0) is 45.1 Å². The maximum atomic E-state index is 13.1. The minimum absolute atomic E-state index is 0.0154. The van der Waals surface area contributed by atoms with Gasteiger partial charge in [-0.05, 0) is 29.7 Å². The van der Waals surface area contributed by atoms with Gasteiger partial charge in [-0.3, -0.25) is 14.4 Å². The summed E-state index contributed by atoms with van der Waals surface area (Å²) in [5.41, 5.74) is 2.08. The lowest BCUT2D eigenvalue weighted by atomic mass is 10.0. The molecule has 4 amide bonds. The fourth-order valence-electron chi connectivity index (χ4n) is 4.36. The van der Waals surface area contributed by atoms with Crippen LogP contribution in [0.25, 0.3) is 0 Å². The van der Waals surface area contributed by atoms with Gasteiger partial charge in [0.05, 0.1) is 19.2 Å². The van der Waals surface area contributed by atoms with Gasteiger partial charge in [-0.1, -0.05) is 42.5 Å². The van der Waals surface area contributed by atoms with Crippen molar-refractivity contribution in [1.82, 2.24) is 40.8 Å². The molecule has 2 aromatic carbocycles. The quantitative estimate of drug-likeness (QED) is 0.101. The van der Waals surface area contributed by atoms with Crippen molar-refractivity contribution in [2.75, 3.05) is 13.1 Å². The van der Waals surface area contributed by atoms with E-state index in [1.165, 1.54) is 24.7 Å². The molecule has 0 bridgehead atoms. The highest BCUT2D eigenvalue weighted by atomic mass is 16.5. The molecule has 0 aliphatic rings. The molecular formula is C31H36N8O6. The molecular weight excluding hydrogens is 580 g/mol. The average Bonchev–Trinajstić information content (AvgIpc) is 3.77. The number of nitrogens with one attached hydrogen (secondary N) is 5. The number of benzene rings is 2. The molecule has 0 saturated heterocycles. The summed E-state index contributed by atoms with van der Waals surface area (Å²) in [6, 6.07) is 13.4. The number of ether oxygens (including phenoxy) is 1. The standard InChI is InChI=1S/C31H36N8O6/c40-25-9-7-22(8-10-25)15-26(29(42)34-11-4-13-39-14-12-32-21-39)37-28(41)18-35-30(43)27(16-24-17-33-20-36-24)38-31(44)45-19-23-5-2-1-3-6-23/h1-3,5-10,12,14,17,20-21,26-27,40H,4,11,13,15-16,18-19H2,(H,33,36)(H,34,42)(H,35,43)(H,37,41)(H,38,44)/t26-,27-/m0/s1. The molecule has 14 heteroatoms. The number of hydrogen-bond donors (Lipinski definition) is 6. The number of amides is 4. The van der Waals surface area contributed by atoms with Gasteiger partial charge in [0.25, 0.3) is 0 Å². The van der Waals surface area contributed by atoms with Crippen LogP contribution in [0.5, 0.6) is 5.75 Å². The van der Waals surface area contributed by atoms with E-state index in [1.54, 1.807) is 36.8 Å². The van der Waals surface area contributed by atoms with E-state index in [1.807, 2.05) is 29.0 Å².